The molecule has 8 bridgehead atoms. The van der Waals surface area contributed by atoms with Gasteiger partial charge in [-0.2, -0.15) is 0 Å². The third kappa shape index (κ3) is 6.21. The largest absolute Gasteiger partial charge is 0.310 e. The normalized spacial score (nSPS) is 37.3. The van der Waals surface area contributed by atoms with Gasteiger partial charge in [-0.3, -0.25) is 0 Å². The minimum absolute atomic E-state index is 0.472. The molecule has 4 aliphatic heterocycles. The van der Waals surface area contributed by atoms with Gasteiger partial charge in [0.05, 0.1) is 0 Å². The number of nitrogens with one attached hydrogen (secondary N) is 3. The molecule has 254 valence electrons. The third-order valence-corrected chi connectivity index (χ3v) is 13.8. The van der Waals surface area contributed by atoms with Gasteiger partial charge in [0, 0.05) is 59.9 Å². The van der Waals surface area contributed by atoms with Gasteiger partial charge in [0.2, 0.25) is 0 Å². The predicted molar refractivity (Wildman–Crippen MR) is 202 cm³/mol. The van der Waals surface area contributed by atoms with Crippen LogP contribution in [0, 0.1) is 18.8 Å². The molecule has 12 atom stereocenters. The summed E-state index contributed by atoms with van der Waals surface area (Å²) in [5.74, 6) is 3.50. The summed E-state index contributed by atoms with van der Waals surface area (Å²) in [5, 5.41) is 13.2. The lowest BCUT2D eigenvalue weighted by atomic mass is 9.75. The molecule has 0 radical (unpaired) electrons. The second-order valence-corrected chi connectivity index (χ2v) is 16.5. The van der Waals surface area contributed by atoms with E-state index in [-0.39, 0.29) is 0 Å². The Morgan fingerprint density at radius 2 is 0.653 bits per heavy atom. The molecule has 1 aliphatic carbocycles. The molecule has 4 heterocycles. The summed E-state index contributed by atoms with van der Waals surface area (Å²) in [6.45, 7) is 2.23. The number of hydrogen-bond acceptors (Lipinski definition) is 3. The predicted octanol–water partition coefficient (Wildman–Crippen LogP) is 9.22. The van der Waals surface area contributed by atoms with E-state index in [4.69, 9.17) is 0 Å². The molecule has 4 aromatic rings. The average Bonchev–Trinajstić information content (AvgIpc) is 3.98. The molecule has 0 amide bonds. The second-order valence-electron chi connectivity index (χ2n) is 16.5. The van der Waals surface area contributed by atoms with E-state index in [1.807, 2.05) is 0 Å². The Hall–Kier alpha value is -3.24. The molecule has 0 aromatic heterocycles. The van der Waals surface area contributed by atoms with Gasteiger partial charge in [0.1, 0.15) is 0 Å². The van der Waals surface area contributed by atoms with Gasteiger partial charge in [0.25, 0.3) is 0 Å². The summed E-state index contributed by atoms with van der Waals surface area (Å²) >= 11 is 0. The van der Waals surface area contributed by atoms with Crippen molar-refractivity contribution in [2.24, 2.45) is 11.8 Å². The first-order valence-electron chi connectivity index (χ1n) is 19.7. The molecule has 3 N–H and O–H groups in total. The fourth-order valence-corrected chi connectivity index (χ4v) is 11.8. The lowest BCUT2D eigenvalue weighted by Crippen LogP contribution is -2.49. The fourth-order valence-electron chi connectivity index (χ4n) is 11.8. The first-order valence-corrected chi connectivity index (χ1v) is 19.7. The number of benzene rings is 4. The zero-order chi connectivity index (χ0) is 32.7. The molecule has 3 heteroatoms. The average molecular weight is 650 g/mol. The SMILES string of the molecule is Cc1ccc(C2C3CCC(N3)C(c3ccccc3)C3CCC(C3)C(c3ccccc3)C3CCC(N3)C(c3ccccc3)C3CCC2N3)cc1. The fraction of sp³-hybridized carbons (Fsp3) is 0.478. The van der Waals surface area contributed by atoms with Crippen LogP contribution in [0.3, 0.4) is 0 Å². The highest BCUT2D eigenvalue weighted by molar-refractivity contribution is 5.32. The van der Waals surface area contributed by atoms with Crippen molar-refractivity contribution < 1.29 is 0 Å². The topological polar surface area (TPSA) is 36.1 Å². The van der Waals surface area contributed by atoms with E-state index in [9.17, 15) is 0 Å². The molecule has 9 rings (SSSR count). The van der Waals surface area contributed by atoms with E-state index in [0.29, 0.717) is 71.8 Å². The van der Waals surface area contributed by atoms with Crippen molar-refractivity contribution in [3.8, 4) is 0 Å². The lowest BCUT2D eigenvalue weighted by molar-refractivity contribution is 0.284. The Morgan fingerprint density at radius 3 is 1.02 bits per heavy atom. The second kappa shape index (κ2) is 13.8. The minimum Gasteiger partial charge on any atom is -0.310 e. The van der Waals surface area contributed by atoms with Crippen molar-refractivity contribution >= 4 is 0 Å². The van der Waals surface area contributed by atoms with Crippen molar-refractivity contribution in [1.82, 2.24) is 16.0 Å². The summed E-state index contributed by atoms with van der Waals surface area (Å²) in [5.41, 5.74) is 7.49. The molecular formula is C46H55N3. The number of aryl methyl sites for hydroxylation is 1. The van der Waals surface area contributed by atoms with Crippen molar-refractivity contribution in [3.05, 3.63) is 143 Å². The van der Waals surface area contributed by atoms with Gasteiger partial charge in [-0.05, 0) is 98.8 Å². The first kappa shape index (κ1) is 31.7. The van der Waals surface area contributed by atoms with E-state index in [0.717, 1.165) is 0 Å². The van der Waals surface area contributed by atoms with E-state index in [1.165, 1.54) is 74.5 Å². The summed E-state index contributed by atoms with van der Waals surface area (Å²) in [4.78, 5) is 0. The Bertz CT molecular complexity index is 1570. The van der Waals surface area contributed by atoms with E-state index in [1.54, 1.807) is 11.1 Å². The van der Waals surface area contributed by atoms with Crippen LogP contribution in [0.15, 0.2) is 115 Å². The van der Waals surface area contributed by atoms with Crippen LogP contribution in [-0.4, -0.2) is 36.3 Å². The maximum atomic E-state index is 4.41. The minimum atomic E-state index is 0.472. The molecule has 1 saturated carbocycles. The Labute approximate surface area is 294 Å². The van der Waals surface area contributed by atoms with Crippen LogP contribution < -0.4 is 16.0 Å². The maximum absolute atomic E-state index is 4.41. The van der Waals surface area contributed by atoms with Gasteiger partial charge in [-0.15, -0.1) is 0 Å². The van der Waals surface area contributed by atoms with Crippen molar-refractivity contribution in [2.45, 2.75) is 125 Å². The van der Waals surface area contributed by atoms with Gasteiger partial charge < -0.3 is 16.0 Å². The van der Waals surface area contributed by atoms with Crippen LogP contribution in [0.2, 0.25) is 0 Å². The van der Waals surface area contributed by atoms with Crippen LogP contribution in [0.4, 0.5) is 0 Å². The maximum Gasteiger partial charge on any atom is 0.0154 e. The Kier molecular flexibility index (Phi) is 8.95. The Morgan fingerprint density at radius 1 is 0.347 bits per heavy atom. The highest BCUT2D eigenvalue weighted by Gasteiger charge is 2.49. The highest BCUT2D eigenvalue weighted by atomic mass is 15.1. The highest BCUT2D eigenvalue weighted by Crippen LogP contribution is 2.52. The summed E-state index contributed by atoms with van der Waals surface area (Å²) in [7, 11) is 0. The van der Waals surface area contributed by atoms with Crippen molar-refractivity contribution in [2.75, 3.05) is 0 Å². The van der Waals surface area contributed by atoms with Crippen LogP contribution in [0.5, 0.6) is 0 Å². The number of hydrogen-bond donors (Lipinski definition) is 3. The molecule has 12 unspecified atom stereocenters. The van der Waals surface area contributed by atoms with Crippen LogP contribution in [0.1, 0.15) is 109 Å². The van der Waals surface area contributed by atoms with Crippen LogP contribution >= 0.6 is 0 Å². The van der Waals surface area contributed by atoms with Gasteiger partial charge in [0.15, 0.2) is 0 Å². The Balaban J connectivity index is 1.13. The third-order valence-electron chi connectivity index (χ3n) is 13.8. The van der Waals surface area contributed by atoms with Gasteiger partial charge >= 0.3 is 0 Å². The van der Waals surface area contributed by atoms with Crippen LogP contribution in [-0.2, 0) is 0 Å². The smallest absolute Gasteiger partial charge is 0.0154 e. The van der Waals surface area contributed by atoms with E-state index in [2.05, 4.69) is 138 Å². The van der Waals surface area contributed by atoms with Gasteiger partial charge in [-0.25, -0.2) is 0 Å². The lowest BCUT2D eigenvalue weighted by Gasteiger charge is -2.37. The molecule has 5 aliphatic rings. The zero-order valence-electron chi connectivity index (χ0n) is 29.3. The summed E-state index contributed by atoms with van der Waals surface area (Å²) < 4.78 is 0. The first-order chi connectivity index (χ1) is 24.2. The van der Waals surface area contributed by atoms with Gasteiger partial charge in [-0.1, -0.05) is 121 Å². The monoisotopic (exact) mass is 649 g/mol. The van der Waals surface area contributed by atoms with Crippen molar-refractivity contribution in [1.29, 1.82) is 0 Å². The van der Waals surface area contributed by atoms with E-state index >= 15 is 0 Å². The molecule has 3 nitrogen and oxygen atoms in total. The quantitative estimate of drug-likeness (QED) is 0.206. The molecule has 49 heavy (non-hydrogen) atoms. The molecular weight excluding hydrogens is 595 g/mol. The summed E-state index contributed by atoms with van der Waals surface area (Å²) in [6.07, 6.45) is 11.5. The van der Waals surface area contributed by atoms with Crippen molar-refractivity contribution in [3.63, 3.8) is 0 Å². The zero-order valence-corrected chi connectivity index (χ0v) is 29.3. The number of rotatable bonds is 4. The molecule has 5 fully saturated rings. The number of fused-ring (bicyclic) bond motifs is 8. The van der Waals surface area contributed by atoms with E-state index < -0.39 is 0 Å². The molecule has 0 spiro atoms. The summed E-state index contributed by atoms with van der Waals surface area (Å²) in [6, 6.07) is 47.4. The standard InChI is InChI=1S/C46H55N3/c1-30-17-19-34(20-18-30)46-41-26-24-38(48-41)44(32-13-7-3-8-14-32)36-22-21-35(29-36)43(31-11-5-2-6-12-31)37-23-25-39(47-37)45(33-15-9-4-10-16-33)40-27-28-42(46)49-40/h2-20,35-49H,21-29H2,1H3. The molecule has 4 aromatic carbocycles. The molecule has 4 saturated heterocycles. The van der Waals surface area contributed by atoms with Crippen LogP contribution in [0.25, 0.3) is 0 Å².